The molecule has 2 bridgehead atoms. The normalized spacial score (nSPS) is 25.2. The van der Waals surface area contributed by atoms with E-state index in [4.69, 9.17) is 9.72 Å². The van der Waals surface area contributed by atoms with Crippen LogP contribution < -0.4 is 4.74 Å². The fourth-order valence-corrected chi connectivity index (χ4v) is 7.53. The lowest BCUT2D eigenvalue weighted by Crippen LogP contribution is -2.67. The lowest BCUT2D eigenvalue weighted by atomic mass is 9.71. The van der Waals surface area contributed by atoms with E-state index in [0.717, 1.165) is 70.2 Å². The number of para-hydroxylation sites is 2. The number of rotatable bonds is 6. The van der Waals surface area contributed by atoms with Gasteiger partial charge in [-0.05, 0) is 47.9 Å². The smallest absolute Gasteiger partial charge is 0.131 e. The molecule has 5 heteroatoms. The maximum atomic E-state index is 12.2. The molecule has 3 aliphatic rings. The quantitative estimate of drug-likeness (QED) is 0.157. The predicted octanol–water partition coefficient (Wildman–Crippen LogP) is 6.59. The summed E-state index contributed by atoms with van der Waals surface area (Å²) in [6.07, 6.45) is 5.51. The van der Waals surface area contributed by atoms with Crippen molar-refractivity contribution in [1.82, 2.24) is 9.97 Å². The zero-order chi connectivity index (χ0) is 26.6. The number of hydrogen-bond acceptors (Lipinski definition) is 4. The summed E-state index contributed by atoms with van der Waals surface area (Å²) >= 11 is 0. The minimum Gasteiger partial charge on any atom is -0.497 e. The van der Waals surface area contributed by atoms with Crippen LogP contribution in [0.2, 0.25) is 0 Å². The third kappa shape index (κ3) is 3.91. The Labute approximate surface area is 229 Å². The van der Waals surface area contributed by atoms with E-state index in [1.165, 1.54) is 16.3 Å². The number of aliphatic hydroxyl groups is 1. The Morgan fingerprint density at radius 2 is 1.74 bits per heavy atom. The molecule has 0 aliphatic carbocycles. The van der Waals surface area contributed by atoms with Crippen molar-refractivity contribution in [2.75, 3.05) is 20.2 Å². The molecule has 3 fully saturated rings. The molecule has 0 amide bonds. The van der Waals surface area contributed by atoms with Gasteiger partial charge in [-0.1, -0.05) is 42.5 Å². The molecule has 8 rings (SSSR count). The van der Waals surface area contributed by atoms with E-state index < -0.39 is 6.10 Å². The van der Waals surface area contributed by atoms with Crippen LogP contribution in [0.1, 0.15) is 30.1 Å². The molecule has 1 N–H and O–H groups in total. The summed E-state index contributed by atoms with van der Waals surface area (Å²) in [7, 11) is 1.68. The van der Waals surface area contributed by atoms with Crippen LogP contribution in [-0.2, 0) is 6.54 Å². The van der Waals surface area contributed by atoms with E-state index in [9.17, 15) is 5.11 Å². The van der Waals surface area contributed by atoms with Crippen LogP contribution in [0, 0.1) is 11.8 Å². The number of nitrogens with zero attached hydrogens (tertiary/aromatic N) is 3. The predicted molar refractivity (Wildman–Crippen MR) is 156 cm³/mol. The third-order valence-corrected chi connectivity index (χ3v) is 9.51. The summed E-state index contributed by atoms with van der Waals surface area (Å²) < 4.78 is 6.38. The van der Waals surface area contributed by atoms with Crippen LogP contribution in [0.5, 0.6) is 5.75 Å². The second-order valence-electron chi connectivity index (χ2n) is 11.4. The molecule has 2 aromatic heterocycles. The number of fused-ring (bicyclic) bond motifs is 6. The summed E-state index contributed by atoms with van der Waals surface area (Å²) in [4.78, 5) is 9.56. The van der Waals surface area contributed by atoms with Crippen LogP contribution in [0.3, 0.4) is 0 Å². The highest BCUT2D eigenvalue weighted by molar-refractivity contribution is 5.97. The summed E-state index contributed by atoms with van der Waals surface area (Å²) in [5.41, 5.74) is 5.21. The van der Waals surface area contributed by atoms with Crippen molar-refractivity contribution in [2.45, 2.75) is 31.5 Å². The van der Waals surface area contributed by atoms with Gasteiger partial charge in [-0.2, -0.15) is 0 Å². The molecule has 39 heavy (non-hydrogen) atoms. The number of hydrogen-bond donors (Lipinski definition) is 1. The molecule has 196 valence electrons. The molecule has 5 nitrogen and oxygen atoms in total. The fraction of sp³-hybridized carbons (Fsp3) is 0.294. The molecule has 3 aliphatic heterocycles. The highest BCUT2D eigenvalue weighted by atomic mass is 16.5. The second-order valence-corrected chi connectivity index (χ2v) is 11.4. The van der Waals surface area contributed by atoms with Crippen molar-refractivity contribution < 1.29 is 14.3 Å². The van der Waals surface area contributed by atoms with Gasteiger partial charge >= 0.3 is 0 Å². The Morgan fingerprint density at radius 1 is 1.00 bits per heavy atom. The van der Waals surface area contributed by atoms with Gasteiger partial charge in [0.2, 0.25) is 0 Å². The topological polar surface area (TPSA) is 55.2 Å². The number of pyridine rings is 2. The largest absolute Gasteiger partial charge is 0.497 e. The van der Waals surface area contributed by atoms with Crippen LogP contribution in [0.25, 0.3) is 32.7 Å². The van der Waals surface area contributed by atoms with E-state index in [1.54, 1.807) is 7.11 Å². The van der Waals surface area contributed by atoms with E-state index in [0.29, 0.717) is 11.8 Å². The molecule has 5 heterocycles. The highest BCUT2D eigenvalue weighted by Gasteiger charge is 2.54. The fourth-order valence-electron chi connectivity index (χ4n) is 7.53. The van der Waals surface area contributed by atoms with E-state index in [2.05, 4.69) is 66.2 Å². The van der Waals surface area contributed by atoms with Gasteiger partial charge < -0.3 is 14.3 Å². The lowest BCUT2D eigenvalue weighted by molar-refractivity contribution is -0.984. The van der Waals surface area contributed by atoms with Gasteiger partial charge in [0.1, 0.15) is 24.4 Å². The monoisotopic (exact) mass is 516 g/mol. The number of ether oxygens (including phenoxy) is 1. The van der Waals surface area contributed by atoms with Crippen molar-refractivity contribution in [2.24, 2.45) is 11.8 Å². The van der Waals surface area contributed by atoms with Crippen LogP contribution in [0.15, 0.2) is 91.6 Å². The van der Waals surface area contributed by atoms with E-state index in [-0.39, 0.29) is 6.04 Å². The zero-order valence-electron chi connectivity index (χ0n) is 22.3. The first-order valence-electron chi connectivity index (χ1n) is 14.0. The first-order valence-corrected chi connectivity index (χ1v) is 14.0. The standard InChI is InChI=1S/C34H34N3O2/c1-3-22-20-37(21-29-25-8-4-6-10-31(25)36-32-11-7-5-9-26(29)32)17-15-23(22)18-33(37)34(38)27-14-16-35-30-13-12-24(39-2)19-28(27)30/h3-14,16,19,22-23,33-34,38H,1,15,17-18,20-21H2,2H3/q+1/t22?,23-,33-,34?,37+/m1/s1. The van der Waals surface area contributed by atoms with Gasteiger partial charge in [0.05, 0.1) is 36.7 Å². The van der Waals surface area contributed by atoms with Crippen molar-refractivity contribution in [3.8, 4) is 5.75 Å². The van der Waals surface area contributed by atoms with Crippen LogP contribution in [0.4, 0.5) is 0 Å². The highest BCUT2D eigenvalue weighted by Crippen LogP contribution is 2.49. The van der Waals surface area contributed by atoms with Crippen molar-refractivity contribution in [1.29, 1.82) is 0 Å². The second kappa shape index (κ2) is 9.44. The molecule has 2 unspecified atom stereocenters. The van der Waals surface area contributed by atoms with E-state index in [1.807, 2.05) is 30.5 Å². The molecule has 3 aromatic carbocycles. The van der Waals surface area contributed by atoms with Gasteiger partial charge in [-0.15, -0.1) is 6.58 Å². The number of piperidine rings is 3. The lowest BCUT2D eigenvalue weighted by Gasteiger charge is -2.58. The Bertz CT molecular complexity index is 1660. The number of benzene rings is 3. The Hall–Kier alpha value is -3.80. The molecule has 3 saturated heterocycles. The van der Waals surface area contributed by atoms with Gasteiger partial charge in [0.15, 0.2) is 0 Å². The van der Waals surface area contributed by atoms with Crippen molar-refractivity contribution >= 4 is 32.7 Å². The molecule has 5 atom stereocenters. The molecule has 0 radical (unpaired) electrons. The summed E-state index contributed by atoms with van der Waals surface area (Å²) in [5, 5.41) is 15.6. The van der Waals surface area contributed by atoms with Crippen LogP contribution >= 0.6 is 0 Å². The average Bonchev–Trinajstić information content (AvgIpc) is 3.00. The molecular weight excluding hydrogens is 482 g/mol. The number of aliphatic hydroxyl groups excluding tert-OH is 1. The minimum atomic E-state index is -0.615. The van der Waals surface area contributed by atoms with Gasteiger partial charge in [0, 0.05) is 46.7 Å². The van der Waals surface area contributed by atoms with Crippen molar-refractivity contribution in [3.63, 3.8) is 0 Å². The average molecular weight is 517 g/mol. The van der Waals surface area contributed by atoms with E-state index >= 15 is 0 Å². The SMILES string of the molecule is C=CC1C[N@+]2(Cc3c4ccccc4nc4ccccc34)CC[C@@H]1C[C@@H]2C(O)c1ccnc2ccc(OC)cc12. The summed E-state index contributed by atoms with van der Waals surface area (Å²) in [6.45, 7) is 7.12. The Balaban J connectivity index is 1.39. The van der Waals surface area contributed by atoms with Crippen LogP contribution in [-0.4, -0.2) is 45.8 Å². The van der Waals surface area contributed by atoms with Gasteiger partial charge in [0.25, 0.3) is 0 Å². The Morgan fingerprint density at radius 3 is 2.46 bits per heavy atom. The number of aromatic nitrogens is 2. The summed E-state index contributed by atoms with van der Waals surface area (Å²) in [6, 6.07) is 25.0. The first kappa shape index (κ1) is 24.3. The third-order valence-electron chi connectivity index (χ3n) is 9.51. The molecule has 5 aromatic rings. The maximum Gasteiger partial charge on any atom is 0.131 e. The molecule has 0 saturated carbocycles. The minimum absolute atomic E-state index is 0.0717. The molecular formula is C34H34N3O2+. The number of methoxy groups -OCH3 is 1. The summed E-state index contributed by atoms with van der Waals surface area (Å²) in [5.74, 6) is 1.78. The number of quaternary nitrogens is 1. The van der Waals surface area contributed by atoms with Gasteiger partial charge in [-0.3, -0.25) is 4.98 Å². The van der Waals surface area contributed by atoms with Gasteiger partial charge in [-0.25, -0.2) is 4.98 Å². The molecule has 0 spiro atoms. The first-order chi connectivity index (χ1) is 19.1. The zero-order valence-corrected chi connectivity index (χ0v) is 22.3. The Kier molecular flexibility index (Phi) is 5.87. The van der Waals surface area contributed by atoms with Crippen molar-refractivity contribution in [3.05, 3.63) is 103 Å². The maximum absolute atomic E-state index is 12.2.